The first kappa shape index (κ1) is 15.0. The van der Waals surface area contributed by atoms with Crippen LogP contribution in [0, 0.1) is 5.82 Å². The van der Waals surface area contributed by atoms with Crippen LogP contribution in [0.2, 0.25) is 0 Å². The van der Waals surface area contributed by atoms with Gasteiger partial charge in [0, 0.05) is 28.2 Å². The van der Waals surface area contributed by atoms with Gasteiger partial charge in [-0.1, -0.05) is 40.2 Å². The van der Waals surface area contributed by atoms with E-state index in [1.807, 2.05) is 37.3 Å². The van der Waals surface area contributed by atoms with Gasteiger partial charge in [0.2, 0.25) is 0 Å². The third-order valence-electron chi connectivity index (χ3n) is 3.22. The topological polar surface area (TPSA) is 21.3 Å². The molecular weight excluding hydrogens is 321 g/mol. The van der Waals surface area contributed by atoms with Gasteiger partial charge < -0.3 is 10.1 Å². The SMILES string of the molecule is COc1ccccc1C(C)NCc1ccc(Br)cc1F. The van der Waals surface area contributed by atoms with E-state index in [2.05, 4.69) is 21.2 Å². The normalized spacial score (nSPS) is 12.2. The van der Waals surface area contributed by atoms with Crippen LogP contribution in [-0.4, -0.2) is 7.11 Å². The van der Waals surface area contributed by atoms with Crippen LogP contribution in [0.1, 0.15) is 24.1 Å². The highest BCUT2D eigenvalue weighted by Crippen LogP contribution is 2.25. The van der Waals surface area contributed by atoms with Gasteiger partial charge in [-0.05, 0) is 25.1 Å². The molecule has 2 aromatic rings. The van der Waals surface area contributed by atoms with Crippen molar-refractivity contribution in [3.63, 3.8) is 0 Å². The summed E-state index contributed by atoms with van der Waals surface area (Å²) in [6.45, 7) is 2.51. The van der Waals surface area contributed by atoms with Gasteiger partial charge in [-0.3, -0.25) is 0 Å². The van der Waals surface area contributed by atoms with E-state index in [9.17, 15) is 4.39 Å². The average molecular weight is 338 g/mol. The molecule has 0 heterocycles. The molecule has 0 aliphatic carbocycles. The molecule has 1 atom stereocenters. The lowest BCUT2D eigenvalue weighted by Gasteiger charge is -2.17. The van der Waals surface area contributed by atoms with Crippen molar-refractivity contribution in [3.8, 4) is 5.75 Å². The number of ether oxygens (including phenoxy) is 1. The molecule has 1 N–H and O–H groups in total. The second-order valence-corrected chi connectivity index (χ2v) is 5.50. The van der Waals surface area contributed by atoms with E-state index in [-0.39, 0.29) is 11.9 Å². The van der Waals surface area contributed by atoms with Gasteiger partial charge in [0.15, 0.2) is 0 Å². The van der Waals surface area contributed by atoms with Crippen LogP contribution in [0.3, 0.4) is 0 Å². The monoisotopic (exact) mass is 337 g/mol. The predicted octanol–water partition coefficient (Wildman–Crippen LogP) is 4.45. The molecule has 0 fully saturated rings. The first-order valence-corrected chi connectivity index (χ1v) is 7.21. The van der Waals surface area contributed by atoms with Crippen molar-refractivity contribution in [2.45, 2.75) is 19.5 Å². The molecule has 0 saturated heterocycles. The van der Waals surface area contributed by atoms with Gasteiger partial charge in [-0.15, -0.1) is 0 Å². The third kappa shape index (κ3) is 3.58. The minimum atomic E-state index is -0.209. The smallest absolute Gasteiger partial charge is 0.128 e. The molecule has 0 aliphatic heterocycles. The van der Waals surface area contributed by atoms with Crippen LogP contribution < -0.4 is 10.1 Å². The van der Waals surface area contributed by atoms with Crippen LogP contribution in [0.25, 0.3) is 0 Å². The van der Waals surface area contributed by atoms with E-state index in [1.165, 1.54) is 6.07 Å². The van der Waals surface area contributed by atoms with Crippen LogP contribution >= 0.6 is 15.9 Å². The van der Waals surface area contributed by atoms with E-state index >= 15 is 0 Å². The Morgan fingerprint density at radius 3 is 2.70 bits per heavy atom. The third-order valence-corrected chi connectivity index (χ3v) is 3.71. The predicted molar refractivity (Wildman–Crippen MR) is 82.3 cm³/mol. The van der Waals surface area contributed by atoms with Crippen molar-refractivity contribution >= 4 is 15.9 Å². The van der Waals surface area contributed by atoms with Gasteiger partial charge in [-0.25, -0.2) is 4.39 Å². The van der Waals surface area contributed by atoms with Crippen molar-refractivity contribution in [2.75, 3.05) is 7.11 Å². The summed E-state index contributed by atoms with van der Waals surface area (Å²) in [6, 6.07) is 13.0. The van der Waals surface area contributed by atoms with Crippen LogP contribution in [0.15, 0.2) is 46.9 Å². The lowest BCUT2D eigenvalue weighted by atomic mass is 10.1. The molecular formula is C16H17BrFNO. The maximum Gasteiger partial charge on any atom is 0.128 e. The zero-order chi connectivity index (χ0) is 14.5. The van der Waals surface area contributed by atoms with E-state index in [1.54, 1.807) is 13.2 Å². The Morgan fingerprint density at radius 1 is 1.25 bits per heavy atom. The number of methoxy groups -OCH3 is 1. The summed E-state index contributed by atoms with van der Waals surface area (Å²) in [5.41, 5.74) is 1.71. The molecule has 20 heavy (non-hydrogen) atoms. The summed E-state index contributed by atoms with van der Waals surface area (Å²) in [6.07, 6.45) is 0. The lowest BCUT2D eigenvalue weighted by molar-refractivity contribution is 0.401. The highest BCUT2D eigenvalue weighted by molar-refractivity contribution is 9.10. The number of para-hydroxylation sites is 1. The number of benzene rings is 2. The maximum atomic E-state index is 13.8. The Labute approximate surface area is 127 Å². The van der Waals surface area contributed by atoms with Crippen LogP contribution in [-0.2, 0) is 6.54 Å². The van der Waals surface area contributed by atoms with Gasteiger partial charge in [0.05, 0.1) is 7.11 Å². The van der Waals surface area contributed by atoms with Crippen molar-refractivity contribution in [3.05, 3.63) is 63.9 Å². The van der Waals surface area contributed by atoms with E-state index in [0.717, 1.165) is 15.8 Å². The summed E-state index contributed by atoms with van der Waals surface area (Å²) in [5.74, 6) is 0.628. The Balaban J connectivity index is 2.06. The fraction of sp³-hybridized carbons (Fsp3) is 0.250. The molecule has 0 aromatic heterocycles. The van der Waals surface area contributed by atoms with Crippen molar-refractivity contribution in [1.82, 2.24) is 5.32 Å². The second kappa shape index (κ2) is 6.86. The fourth-order valence-electron chi connectivity index (χ4n) is 2.06. The highest BCUT2D eigenvalue weighted by Gasteiger charge is 2.11. The average Bonchev–Trinajstić information content (AvgIpc) is 2.46. The number of halogens is 2. The van der Waals surface area contributed by atoms with Gasteiger partial charge in [0.1, 0.15) is 11.6 Å². The van der Waals surface area contributed by atoms with E-state index in [0.29, 0.717) is 12.1 Å². The molecule has 2 nitrogen and oxygen atoms in total. The molecule has 0 bridgehead atoms. The number of hydrogen-bond acceptors (Lipinski definition) is 2. The largest absolute Gasteiger partial charge is 0.496 e. The van der Waals surface area contributed by atoms with Gasteiger partial charge >= 0.3 is 0 Å². The Kier molecular flexibility index (Phi) is 5.15. The Bertz CT molecular complexity index is 588. The van der Waals surface area contributed by atoms with Crippen molar-refractivity contribution < 1.29 is 9.13 Å². The second-order valence-electron chi connectivity index (χ2n) is 4.58. The molecule has 106 valence electrons. The summed E-state index contributed by atoms with van der Waals surface area (Å²) in [4.78, 5) is 0. The van der Waals surface area contributed by atoms with E-state index < -0.39 is 0 Å². The van der Waals surface area contributed by atoms with Crippen molar-refractivity contribution in [2.24, 2.45) is 0 Å². The maximum absolute atomic E-state index is 13.8. The molecule has 0 spiro atoms. The van der Waals surface area contributed by atoms with Crippen LogP contribution in [0.5, 0.6) is 5.75 Å². The highest BCUT2D eigenvalue weighted by atomic mass is 79.9. The van der Waals surface area contributed by atoms with Gasteiger partial charge in [0.25, 0.3) is 0 Å². The van der Waals surface area contributed by atoms with Crippen LogP contribution in [0.4, 0.5) is 4.39 Å². The quantitative estimate of drug-likeness (QED) is 0.870. The molecule has 1 unspecified atom stereocenters. The Hall–Kier alpha value is -1.39. The fourth-order valence-corrected chi connectivity index (χ4v) is 2.40. The number of nitrogens with one attached hydrogen (secondary N) is 1. The number of hydrogen-bond donors (Lipinski definition) is 1. The zero-order valence-electron chi connectivity index (χ0n) is 11.5. The molecule has 0 aliphatic rings. The molecule has 0 amide bonds. The minimum absolute atomic E-state index is 0.0780. The molecule has 0 radical (unpaired) electrons. The molecule has 2 rings (SSSR count). The first-order valence-electron chi connectivity index (χ1n) is 6.42. The standard InChI is InChI=1S/C16H17BrFNO/c1-11(14-5-3-4-6-16(14)20-2)19-10-12-7-8-13(17)9-15(12)18/h3-9,11,19H,10H2,1-2H3. The summed E-state index contributed by atoms with van der Waals surface area (Å²) in [5, 5.41) is 3.31. The lowest BCUT2D eigenvalue weighted by Crippen LogP contribution is -2.19. The van der Waals surface area contributed by atoms with Gasteiger partial charge in [-0.2, -0.15) is 0 Å². The summed E-state index contributed by atoms with van der Waals surface area (Å²) < 4.78 is 19.8. The Morgan fingerprint density at radius 2 is 2.00 bits per heavy atom. The molecule has 2 aromatic carbocycles. The zero-order valence-corrected chi connectivity index (χ0v) is 13.1. The van der Waals surface area contributed by atoms with Crippen molar-refractivity contribution in [1.29, 1.82) is 0 Å². The first-order chi connectivity index (χ1) is 9.61. The minimum Gasteiger partial charge on any atom is -0.496 e. The molecule has 0 saturated carbocycles. The summed E-state index contributed by atoms with van der Waals surface area (Å²) in [7, 11) is 1.65. The van der Waals surface area contributed by atoms with E-state index in [4.69, 9.17) is 4.74 Å². The summed E-state index contributed by atoms with van der Waals surface area (Å²) >= 11 is 3.25. The number of rotatable bonds is 5. The molecule has 4 heteroatoms.